The van der Waals surface area contributed by atoms with E-state index in [-0.39, 0.29) is 41.5 Å². The minimum Gasteiger partial charge on any atom is -0.511 e. The lowest BCUT2D eigenvalue weighted by Crippen LogP contribution is -2.33. The van der Waals surface area contributed by atoms with Crippen molar-refractivity contribution in [2.24, 2.45) is 11.8 Å². The van der Waals surface area contributed by atoms with Gasteiger partial charge < -0.3 is 9.84 Å². The SMILES string of the molecule is CCc1cc(C)cc(CC)c1C1=C(O)[C@@H]2[C@@H]3OC(C[C@H]3c3cc(Cl)c(Cl)cc3Cl)[C@@H]2C1=O. The molecule has 0 spiro atoms. The van der Waals surface area contributed by atoms with Gasteiger partial charge in [0.25, 0.3) is 0 Å². The molecular weight excluding hydrogens is 467 g/mol. The van der Waals surface area contributed by atoms with E-state index in [0.29, 0.717) is 27.1 Å². The van der Waals surface area contributed by atoms with Gasteiger partial charge in [-0.2, -0.15) is 0 Å². The number of aliphatic hydroxyl groups is 1. The van der Waals surface area contributed by atoms with Crippen molar-refractivity contribution in [1.29, 1.82) is 0 Å². The van der Waals surface area contributed by atoms with Crippen LogP contribution in [0.5, 0.6) is 0 Å². The Morgan fingerprint density at radius 1 is 0.969 bits per heavy atom. The van der Waals surface area contributed by atoms with Crippen LogP contribution in [0.3, 0.4) is 0 Å². The molecule has 3 aliphatic rings. The molecule has 168 valence electrons. The fourth-order valence-corrected chi connectivity index (χ4v) is 6.75. The zero-order valence-corrected chi connectivity index (χ0v) is 20.5. The summed E-state index contributed by atoms with van der Waals surface area (Å²) in [6, 6.07) is 7.69. The Hall–Kier alpha value is -1.52. The van der Waals surface area contributed by atoms with Gasteiger partial charge in [0.05, 0.1) is 39.7 Å². The van der Waals surface area contributed by atoms with Crippen molar-refractivity contribution >= 4 is 46.2 Å². The van der Waals surface area contributed by atoms with E-state index < -0.39 is 0 Å². The van der Waals surface area contributed by atoms with Crippen LogP contribution in [0.4, 0.5) is 0 Å². The van der Waals surface area contributed by atoms with Crippen molar-refractivity contribution in [3.8, 4) is 0 Å². The zero-order valence-electron chi connectivity index (χ0n) is 18.2. The molecule has 1 aliphatic carbocycles. The van der Waals surface area contributed by atoms with Crippen molar-refractivity contribution in [1.82, 2.24) is 0 Å². The molecule has 1 unspecified atom stereocenters. The van der Waals surface area contributed by atoms with Crippen molar-refractivity contribution in [3.63, 3.8) is 0 Å². The van der Waals surface area contributed by atoms with Gasteiger partial charge in [-0.25, -0.2) is 0 Å². The summed E-state index contributed by atoms with van der Waals surface area (Å²) in [5.74, 6) is -0.577. The summed E-state index contributed by atoms with van der Waals surface area (Å²) in [7, 11) is 0. The normalized spacial score (nSPS) is 28.7. The third-order valence-corrected chi connectivity index (χ3v) is 8.42. The fraction of sp³-hybridized carbons (Fsp3) is 0.423. The summed E-state index contributed by atoms with van der Waals surface area (Å²) in [5, 5.41) is 12.8. The van der Waals surface area contributed by atoms with Gasteiger partial charge in [0.2, 0.25) is 0 Å². The number of ketones is 1. The molecule has 32 heavy (non-hydrogen) atoms. The standard InChI is InChI=1S/C26H25Cl3O3/c1-4-12-6-11(3)7-13(5-2)20(12)22-24(30)21-19-9-15(26(32-19)23(21)25(22)31)14-8-17(28)18(29)10-16(14)27/h6-8,10,15,19,21,23,26,31H,4-5,9H2,1-3H3/t15-,19?,21-,23+,26+/m0/s1. The molecular formula is C26H25Cl3O3. The number of Topliss-reactive ketones (excluding diaryl/α,β-unsaturated/α-hetero) is 1. The van der Waals surface area contributed by atoms with Crippen LogP contribution in [0.1, 0.15) is 54.0 Å². The summed E-state index contributed by atoms with van der Waals surface area (Å²) in [6.07, 6.45) is 1.71. The smallest absolute Gasteiger partial charge is 0.173 e. The maximum atomic E-state index is 13.7. The fourth-order valence-electron chi connectivity index (χ4n) is 6.05. The number of aryl methyl sites for hydroxylation is 3. The molecule has 3 nitrogen and oxygen atoms in total. The van der Waals surface area contributed by atoms with E-state index >= 15 is 0 Å². The molecule has 0 saturated carbocycles. The Morgan fingerprint density at radius 2 is 1.59 bits per heavy atom. The third-order valence-electron chi connectivity index (χ3n) is 7.37. The molecule has 2 aromatic rings. The van der Waals surface area contributed by atoms with Crippen molar-refractivity contribution in [2.75, 3.05) is 0 Å². The molecule has 1 N–H and O–H groups in total. The monoisotopic (exact) mass is 490 g/mol. The average molecular weight is 492 g/mol. The first kappa shape index (κ1) is 22.3. The number of fused-ring (bicyclic) bond motifs is 5. The number of aliphatic hydroxyl groups excluding tert-OH is 1. The second-order valence-corrected chi connectivity index (χ2v) is 10.3. The molecule has 5 atom stereocenters. The van der Waals surface area contributed by atoms with E-state index in [1.54, 1.807) is 12.1 Å². The number of carbonyl (C=O) groups excluding carboxylic acids is 1. The van der Waals surface area contributed by atoms with Gasteiger partial charge in [0.15, 0.2) is 5.78 Å². The lowest BCUT2D eigenvalue weighted by molar-refractivity contribution is -0.118. The van der Waals surface area contributed by atoms with Crippen LogP contribution in [0.15, 0.2) is 30.0 Å². The first-order valence-electron chi connectivity index (χ1n) is 11.2. The minimum absolute atomic E-state index is 0.00642. The summed E-state index contributed by atoms with van der Waals surface area (Å²) < 4.78 is 6.24. The maximum absolute atomic E-state index is 13.7. The number of benzene rings is 2. The third kappa shape index (κ3) is 3.16. The first-order chi connectivity index (χ1) is 15.3. The van der Waals surface area contributed by atoms with Crippen LogP contribution in [-0.4, -0.2) is 23.1 Å². The van der Waals surface area contributed by atoms with Crippen molar-refractivity contribution in [3.05, 3.63) is 72.9 Å². The highest BCUT2D eigenvalue weighted by atomic mass is 35.5. The van der Waals surface area contributed by atoms with Crippen molar-refractivity contribution in [2.45, 2.75) is 58.2 Å². The van der Waals surface area contributed by atoms with Gasteiger partial charge >= 0.3 is 0 Å². The number of halogens is 3. The number of carbonyl (C=O) groups is 1. The molecule has 0 amide bonds. The number of ether oxygens (including phenoxy) is 1. The maximum Gasteiger partial charge on any atom is 0.173 e. The second kappa shape index (κ2) is 8.06. The summed E-state index contributed by atoms with van der Waals surface area (Å²) in [4.78, 5) is 13.7. The van der Waals surface area contributed by atoms with Crippen LogP contribution < -0.4 is 0 Å². The molecule has 2 aliphatic heterocycles. The van der Waals surface area contributed by atoms with E-state index in [9.17, 15) is 9.90 Å². The zero-order chi connectivity index (χ0) is 22.9. The van der Waals surface area contributed by atoms with Gasteiger partial charge in [-0.3, -0.25) is 4.79 Å². The molecule has 2 aromatic carbocycles. The molecule has 2 fully saturated rings. The Balaban J connectivity index is 1.60. The highest BCUT2D eigenvalue weighted by Crippen LogP contribution is 2.59. The largest absolute Gasteiger partial charge is 0.511 e. The van der Waals surface area contributed by atoms with Crippen LogP contribution >= 0.6 is 34.8 Å². The first-order valence-corrected chi connectivity index (χ1v) is 12.3. The highest BCUT2D eigenvalue weighted by molar-refractivity contribution is 6.43. The van der Waals surface area contributed by atoms with Gasteiger partial charge in [0, 0.05) is 10.9 Å². The van der Waals surface area contributed by atoms with Gasteiger partial charge in [-0.15, -0.1) is 0 Å². The number of hydrogen-bond acceptors (Lipinski definition) is 3. The van der Waals surface area contributed by atoms with E-state index in [0.717, 1.165) is 35.1 Å². The van der Waals surface area contributed by atoms with E-state index in [1.807, 2.05) is 0 Å². The molecule has 2 saturated heterocycles. The molecule has 6 heteroatoms. The quantitative estimate of drug-likeness (QED) is 0.463. The molecule has 2 bridgehead atoms. The van der Waals surface area contributed by atoms with Crippen LogP contribution in [0.25, 0.3) is 5.57 Å². The molecule has 5 rings (SSSR count). The topological polar surface area (TPSA) is 46.5 Å². The number of rotatable bonds is 4. The van der Waals surface area contributed by atoms with E-state index in [2.05, 4.69) is 32.9 Å². The summed E-state index contributed by atoms with van der Waals surface area (Å²) >= 11 is 18.9. The number of allylic oxidation sites excluding steroid dienone is 1. The molecule has 0 aromatic heterocycles. The summed E-state index contributed by atoms with van der Waals surface area (Å²) in [6.45, 7) is 6.25. The Kier molecular flexibility index (Phi) is 5.61. The lowest BCUT2D eigenvalue weighted by Gasteiger charge is -2.28. The van der Waals surface area contributed by atoms with Crippen molar-refractivity contribution < 1.29 is 14.6 Å². The van der Waals surface area contributed by atoms with Gasteiger partial charge in [0.1, 0.15) is 5.76 Å². The van der Waals surface area contributed by atoms with Crippen LogP contribution in [0.2, 0.25) is 15.1 Å². The minimum atomic E-state index is -0.359. The Bertz CT molecular complexity index is 1140. The molecule has 2 heterocycles. The number of hydrogen-bond donors (Lipinski definition) is 1. The second-order valence-electron chi connectivity index (χ2n) is 9.11. The van der Waals surface area contributed by atoms with E-state index in [1.165, 1.54) is 5.56 Å². The predicted octanol–water partition coefficient (Wildman–Crippen LogP) is 7.12. The van der Waals surface area contributed by atoms with Crippen LogP contribution in [0, 0.1) is 18.8 Å². The van der Waals surface area contributed by atoms with Gasteiger partial charge in [-0.05, 0) is 60.6 Å². The average Bonchev–Trinajstić information content (AvgIpc) is 3.42. The Morgan fingerprint density at radius 3 is 2.22 bits per heavy atom. The molecule has 0 radical (unpaired) electrons. The van der Waals surface area contributed by atoms with Crippen LogP contribution in [-0.2, 0) is 22.4 Å². The predicted molar refractivity (Wildman–Crippen MR) is 129 cm³/mol. The Labute approximate surface area is 203 Å². The van der Waals surface area contributed by atoms with E-state index in [4.69, 9.17) is 39.5 Å². The summed E-state index contributed by atoms with van der Waals surface area (Å²) in [5.41, 5.74) is 5.66. The lowest BCUT2D eigenvalue weighted by atomic mass is 9.72. The highest BCUT2D eigenvalue weighted by Gasteiger charge is 2.63. The van der Waals surface area contributed by atoms with Gasteiger partial charge in [-0.1, -0.05) is 66.3 Å².